The Hall–Kier alpha value is -1.94. The zero-order valence-corrected chi connectivity index (χ0v) is 66.9. The summed E-state index contributed by atoms with van der Waals surface area (Å²) in [6, 6.07) is 0. The van der Waals surface area contributed by atoms with E-state index in [1.165, 1.54) is 205 Å². The SMILES string of the molecule is CCC(C)CCCCCCCCCCCCCCCCC(=O)O[C@H](COC(=O)CCCCCCCCC(C)CC)COP(=O)(O)OC[C@H](O)COP(=O)(O)OC[C@@H](COC(=O)CCCCCCCCCCCCCCC(C)C)OC(=O)CCCCCCCCCCCCCCCC(C)C. The van der Waals surface area contributed by atoms with Crippen LogP contribution in [-0.4, -0.2) is 96.7 Å². The quantitative estimate of drug-likeness (QED) is 0.0222. The second-order valence-corrected chi connectivity index (χ2v) is 33.1. The third kappa shape index (κ3) is 71.5. The molecule has 0 amide bonds. The Kier molecular flexibility index (Phi) is 67.8. The molecule has 4 unspecified atom stereocenters. The molecule has 17 nitrogen and oxygen atoms in total. The summed E-state index contributed by atoms with van der Waals surface area (Å²) in [6.45, 7) is 14.3. The van der Waals surface area contributed by atoms with E-state index in [1.807, 2.05) is 0 Å². The minimum absolute atomic E-state index is 0.106. The van der Waals surface area contributed by atoms with Crippen molar-refractivity contribution in [2.45, 2.75) is 427 Å². The number of esters is 4. The van der Waals surface area contributed by atoms with E-state index in [9.17, 15) is 43.2 Å². The molecule has 0 heterocycles. The molecule has 0 aliphatic heterocycles. The molecule has 0 bridgehead atoms. The summed E-state index contributed by atoms with van der Waals surface area (Å²) in [6.07, 6.45) is 55.4. The van der Waals surface area contributed by atoms with Crippen molar-refractivity contribution in [2.75, 3.05) is 39.6 Å². The van der Waals surface area contributed by atoms with Gasteiger partial charge in [0.15, 0.2) is 12.2 Å². The highest BCUT2D eigenvalue weighted by Gasteiger charge is 2.30. The van der Waals surface area contributed by atoms with E-state index < -0.39 is 97.5 Å². The van der Waals surface area contributed by atoms with Crippen LogP contribution >= 0.6 is 15.6 Å². The van der Waals surface area contributed by atoms with Crippen LogP contribution in [0.15, 0.2) is 0 Å². The first kappa shape index (κ1) is 97.1. The fourth-order valence-corrected chi connectivity index (χ4v) is 13.8. The van der Waals surface area contributed by atoms with E-state index in [-0.39, 0.29) is 25.7 Å². The van der Waals surface area contributed by atoms with Crippen LogP contribution in [-0.2, 0) is 65.4 Å². The third-order valence-electron chi connectivity index (χ3n) is 19.3. The van der Waals surface area contributed by atoms with Gasteiger partial charge in [0.05, 0.1) is 26.4 Å². The number of unbranched alkanes of at least 4 members (excludes halogenated alkanes) is 41. The molecule has 7 atom stereocenters. The van der Waals surface area contributed by atoms with Crippen LogP contribution in [0.2, 0.25) is 0 Å². The second kappa shape index (κ2) is 69.1. The van der Waals surface area contributed by atoms with Crippen molar-refractivity contribution < 1.29 is 80.2 Å². The van der Waals surface area contributed by atoms with Crippen molar-refractivity contribution >= 4 is 39.5 Å². The van der Waals surface area contributed by atoms with E-state index in [1.54, 1.807) is 0 Å². The lowest BCUT2D eigenvalue weighted by atomic mass is 9.99. The van der Waals surface area contributed by atoms with Gasteiger partial charge in [0.2, 0.25) is 0 Å². The highest BCUT2D eigenvalue weighted by molar-refractivity contribution is 7.47. The Morgan fingerprint density at radius 2 is 0.485 bits per heavy atom. The first-order valence-corrected chi connectivity index (χ1v) is 44.3. The highest BCUT2D eigenvalue weighted by Crippen LogP contribution is 2.45. The number of phosphoric ester groups is 2. The van der Waals surface area contributed by atoms with E-state index in [0.717, 1.165) is 120 Å². The minimum Gasteiger partial charge on any atom is -0.462 e. The normalized spacial score (nSPS) is 14.6. The Labute approximate surface area is 607 Å². The van der Waals surface area contributed by atoms with Crippen molar-refractivity contribution in [3.63, 3.8) is 0 Å². The molecule has 0 aromatic heterocycles. The number of ether oxygens (including phenoxy) is 4. The van der Waals surface area contributed by atoms with Crippen LogP contribution in [0, 0.1) is 23.7 Å². The maximum Gasteiger partial charge on any atom is 0.472 e. The number of phosphoric acid groups is 2. The van der Waals surface area contributed by atoms with Crippen LogP contribution in [0.3, 0.4) is 0 Å². The van der Waals surface area contributed by atoms with E-state index in [0.29, 0.717) is 25.7 Å². The Morgan fingerprint density at radius 3 is 0.717 bits per heavy atom. The fourth-order valence-electron chi connectivity index (χ4n) is 12.2. The maximum absolute atomic E-state index is 13.1. The number of carbonyl (C=O) groups is 4. The van der Waals surface area contributed by atoms with Gasteiger partial charge in [0.25, 0.3) is 0 Å². The van der Waals surface area contributed by atoms with E-state index >= 15 is 0 Å². The molecule has 0 aromatic rings. The van der Waals surface area contributed by atoms with Crippen LogP contribution in [0.25, 0.3) is 0 Å². The van der Waals surface area contributed by atoms with E-state index in [4.69, 9.17) is 37.0 Å². The number of hydrogen-bond acceptors (Lipinski definition) is 15. The first-order valence-electron chi connectivity index (χ1n) is 41.3. The predicted octanol–water partition coefficient (Wildman–Crippen LogP) is 23.6. The van der Waals surface area contributed by atoms with Crippen molar-refractivity contribution in [1.82, 2.24) is 0 Å². The molecule has 0 saturated heterocycles. The zero-order chi connectivity index (χ0) is 73.1. The Balaban J connectivity index is 5.25. The monoisotopic (exact) mass is 1450 g/mol. The summed E-state index contributed by atoms with van der Waals surface area (Å²) in [4.78, 5) is 73.0. The molecule has 3 N–H and O–H groups in total. The summed E-state index contributed by atoms with van der Waals surface area (Å²) < 4.78 is 68.7. The molecule has 99 heavy (non-hydrogen) atoms. The molecule has 588 valence electrons. The van der Waals surface area contributed by atoms with Crippen LogP contribution in [0.5, 0.6) is 0 Å². The Morgan fingerprint density at radius 1 is 0.283 bits per heavy atom. The summed E-state index contributed by atoms with van der Waals surface area (Å²) in [7, 11) is -9.92. The molecular formula is C80H156O17P2. The smallest absolute Gasteiger partial charge is 0.462 e. The lowest BCUT2D eigenvalue weighted by Gasteiger charge is -2.21. The van der Waals surface area contributed by atoms with Gasteiger partial charge in [0, 0.05) is 25.7 Å². The van der Waals surface area contributed by atoms with Gasteiger partial charge in [-0.05, 0) is 49.4 Å². The molecule has 0 aromatic carbocycles. The fraction of sp³-hybridized carbons (Fsp3) is 0.950. The average Bonchev–Trinajstić information content (AvgIpc) is 1.05. The van der Waals surface area contributed by atoms with Gasteiger partial charge in [-0.2, -0.15) is 0 Å². The standard InChI is InChI=1S/C80H156O17P2/c1-9-72(7)58-50-42-34-28-22-15-11-12-16-24-30-36-46-54-62-80(85)97-76(67-91-78(83)61-53-45-39-38-43-51-59-73(8)10-2)69-95-99(88,89)93-65-74(81)64-92-98(86,87)94-68-75(66-90-77(82)60-52-44-35-29-23-19-18-21-27-33-41-49-57-71(5)6)96-79(84)63-55-47-37-31-25-17-13-14-20-26-32-40-48-56-70(3)4/h70-76,81H,9-69H2,1-8H3,(H,86,87)(H,88,89)/t72?,73?,74-,75-,76-/m1/s1. The van der Waals surface area contributed by atoms with Crippen LogP contribution in [0.1, 0.15) is 409 Å². The van der Waals surface area contributed by atoms with Crippen molar-refractivity contribution in [2.24, 2.45) is 23.7 Å². The minimum atomic E-state index is -4.96. The summed E-state index contributed by atoms with van der Waals surface area (Å²) in [5, 5.41) is 10.6. The number of rotatable bonds is 77. The van der Waals surface area contributed by atoms with Crippen LogP contribution < -0.4 is 0 Å². The van der Waals surface area contributed by atoms with Gasteiger partial charge < -0.3 is 33.8 Å². The average molecular weight is 1450 g/mol. The number of aliphatic hydroxyl groups excluding tert-OH is 1. The lowest BCUT2D eigenvalue weighted by Crippen LogP contribution is -2.30. The first-order chi connectivity index (χ1) is 47.7. The molecule has 0 aliphatic carbocycles. The van der Waals surface area contributed by atoms with Gasteiger partial charge >= 0.3 is 39.5 Å². The van der Waals surface area contributed by atoms with Crippen molar-refractivity contribution in [3.8, 4) is 0 Å². The predicted molar refractivity (Wildman–Crippen MR) is 404 cm³/mol. The molecule has 19 heteroatoms. The van der Waals surface area contributed by atoms with Gasteiger partial charge in [-0.25, -0.2) is 9.13 Å². The van der Waals surface area contributed by atoms with E-state index in [2.05, 4.69) is 55.4 Å². The van der Waals surface area contributed by atoms with Crippen molar-refractivity contribution in [3.05, 3.63) is 0 Å². The third-order valence-corrected chi connectivity index (χ3v) is 21.2. The second-order valence-electron chi connectivity index (χ2n) is 30.2. The van der Waals surface area contributed by atoms with Crippen LogP contribution in [0.4, 0.5) is 0 Å². The molecule has 0 radical (unpaired) electrons. The number of aliphatic hydroxyl groups is 1. The van der Waals surface area contributed by atoms with Gasteiger partial charge in [-0.3, -0.25) is 37.3 Å². The maximum atomic E-state index is 13.1. The van der Waals surface area contributed by atoms with Gasteiger partial charge in [0.1, 0.15) is 19.3 Å². The molecule has 0 aliphatic rings. The highest BCUT2D eigenvalue weighted by atomic mass is 31.2. The number of carbonyl (C=O) groups excluding carboxylic acids is 4. The molecule has 0 fully saturated rings. The van der Waals surface area contributed by atoms with Gasteiger partial charge in [-0.1, -0.05) is 357 Å². The van der Waals surface area contributed by atoms with Crippen molar-refractivity contribution in [1.29, 1.82) is 0 Å². The zero-order valence-electron chi connectivity index (χ0n) is 65.1. The Bertz CT molecular complexity index is 1940. The molecule has 0 saturated carbocycles. The topological polar surface area (TPSA) is 237 Å². The van der Waals surface area contributed by atoms with Gasteiger partial charge in [-0.15, -0.1) is 0 Å². The summed E-state index contributed by atoms with van der Waals surface area (Å²) >= 11 is 0. The molecular weight excluding hydrogens is 1290 g/mol. The molecule has 0 rings (SSSR count). The largest absolute Gasteiger partial charge is 0.472 e. The summed E-state index contributed by atoms with van der Waals surface area (Å²) in [5.74, 6) is 1.03. The summed E-state index contributed by atoms with van der Waals surface area (Å²) in [5.41, 5.74) is 0. The molecule has 0 spiro atoms. The lowest BCUT2D eigenvalue weighted by molar-refractivity contribution is -0.161. The number of hydrogen-bond donors (Lipinski definition) is 3.